The zero-order valence-corrected chi connectivity index (χ0v) is 11.5. The summed E-state index contributed by atoms with van der Waals surface area (Å²) in [4.78, 5) is -1.08. The first-order valence-corrected chi connectivity index (χ1v) is 6.99. The molecule has 0 saturated heterocycles. The van der Waals surface area contributed by atoms with Crippen molar-refractivity contribution in [2.75, 3.05) is 10.5 Å². The molecule has 1 aromatic heterocycles. The number of aromatic nitrogens is 2. The van der Waals surface area contributed by atoms with E-state index in [1.807, 2.05) is 0 Å². The lowest BCUT2D eigenvalue weighted by Gasteiger charge is -2.10. The number of hydrogen-bond acceptors (Lipinski definition) is 4. The molecule has 1 aromatic carbocycles. The number of benzene rings is 1. The first-order valence-electron chi connectivity index (χ1n) is 5.51. The van der Waals surface area contributed by atoms with Gasteiger partial charge in [-0.2, -0.15) is 5.10 Å². The fraction of sp³-hybridized carbons (Fsp3) is 0.182. The van der Waals surface area contributed by atoms with Crippen molar-refractivity contribution in [2.45, 2.75) is 18.7 Å². The smallest absolute Gasteiger partial charge is 0.267 e. The SMILES string of the molecule is Cc1n[nH]c(C)c1NS(=O)(=O)c1c(F)cc(N)cc1F. The quantitative estimate of drug-likeness (QED) is 0.751. The first kappa shape index (κ1) is 14.3. The number of rotatable bonds is 3. The molecule has 0 amide bonds. The number of nitrogens with zero attached hydrogens (tertiary/aromatic N) is 1. The average molecular weight is 302 g/mol. The van der Waals surface area contributed by atoms with Gasteiger partial charge in [0, 0.05) is 5.69 Å². The van der Waals surface area contributed by atoms with Crippen LogP contribution in [0.1, 0.15) is 11.4 Å². The van der Waals surface area contributed by atoms with E-state index < -0.39 is 26.6 Å². The van der Waals surface area contributed by atoms with Crippen molar-refractivity contribution in [3.05, 3.63) is 35.2 Å². The number of anilines is 2. The van der Waals surface area contributed by atoms with Crippen LogP contribution in [0.3, 0.4) is 0 Å². The molecule has 0 aliphatic heterocycles. The van der Waals surface area contributed by atoms with Crippen LogP contribution in [0.15, 0.2) is 17.0 Å². The molecule has 0 unspecified atom stereocenters. The zero-order chi connectivity index (χ0) is 15.1. The normalized spacial score (nSPS) is 11.6. The van der Waals surface area contributed by atoms with E-state index in [4.69, 9.17) is 5.73 Å². The largest absolute Gasteiger partial charge is 0.399 e. The van der Waals surface area contributed by atoms with Gasteiger partial charge in [-0.3, -0.25) is 9.82 Å². The zero-order valence-electron chi connectivity index (χ0n) is 10.7. The van der Waals surface area contributed by atoms with Gasteiger partial charge in [0.1, 0.15) is 11.6 Å². The fourth-order valence-electron chi connectivity index (χ4n) is 1.72. The van der Waals surface area contributed by atoms with Gasteiger partial charge in [-0.15, -0.1) is 0 Å². The third kappa shape index (κ3) is 2.44. The van der Waals surface area contributed by atoms with E-state index in [2.05, 4.69) is 14.9 Å². The second kappa shape index (κ2) is 4.75. The van der Waals surface area contributed by atoms with Crippen LogP contribution in [-0.4, -0.2) is 18.6 Å². The van der Waals surface area contributed by atoms with Gasteiger partial charge in [0.2, 0.25) is 0 Å². The van der Waals surface area contributed by atoms with Gasteiger partial charge >= 0.3 is 0 Å². The number of nitrogens with one attached hydrogen (secondary N) is 2. The number of nitrogen functional groups attached to an aromatic ring is 1. The molecule has 20 heavy (non-hydrogen) atoms. The van der Waals surface area contributed by atoms with Crippen molar-refractivity contribution in [3.8, 4) is 0 Å². The number of aryl methyl sites for hydroxylation is 2. The molecular weight excluding hydrogens is 290 g/mol. The highest BCUT2D eigenvalue weighted by Crippen LogP contribution is 2.26. The monoisotopic (exact) mass is 302 g/mol. The Kier molecular flexibility index (Phi) is 3.38. The lowest BCUT2D eigenvalue weighted by atomic mass is 10.3. The lowest BCUT2D eigenvalue weighted by molar-refractivity contribution is 0.522. The maximum Gasteiger partial charge on any atom is 0.267 e. The Morgan fingerprint density at radius 3 is 2.25 bits per heavy atom. The predicted molar refractivity (Wildman–Crippen MR) is 69.6 cm³/mol. The number of hydrogen-bond donors (Lipinski definition) is 3. The van der Waals surface area contributed by atoms with Crippen molar-refractivity contribution in [2.24, 2.45) is 0 Å². The number of halogens is 2. The van der Waals surface area contributed by atoms with Crippen molar-refractivity contribution in [3.63, 3.8) is 0 Å². The molecule has 0 saturated carbocycles. The highest BCUT2D eigenvalue weighted by molar-refractivity contribution is 7.92. The van der Waals surface area contributed by atoms with Crippen LogP contribution in [0.4, 0.5) is 20.2 Å². The highest BCUT2D eigenvalue weighted by Gasteiger charge is 2.26. The minimum atomic E-state index is -4.42. The third-order valence-corrected chi connectivity index (χ3v) is 4.05. The van der Waals surface area contributed by atoms with Gasteiger partial charge < -0.3 is 5.73 Å². The van der Waals surface area contributed by atoms with E-state index in [1.54, 1.807) is 13.8 Å². The Morgan fingerprint density at radius 1 is 1.25 bits per heavy atom. The maximum atomic E-state index is 13.7. The summed E-state index contributed by atoms with van der Waals surface area (Å²) < 4.78 is 53.6. The standard InChI is InChI=1S/C11H12F2N4O2S/c1-5-10(6(2)16-15-5)17-20(18,19)11-8(12)3-7(14)4-9(11)13/h3-4,17H,14H2,1-2H3,(H,15,16). The van der Waals surface area contributed by atoms with Crippen molar-refractivity contribution < 1.29 is 17.2 Å². The highest BCUT2D eigenvalue weighted by atomic mass is 32.2. The van der Waals surface area contributed by atoms with Gasteiger partial charge in [0.25, 0.3) is 10.0 Å². The molecule has 6 nitrogen and oxygen atoms in total. The molecule has 9 heteroatoms. The third-order valence-electron chi connectivity index (χ3n) is 2.65. The number of sulfonamides is 1. The van der Waals surface area contributed by atoms with E-state index in [0.717, 1.165) is 12.1 Å². The van der Waals surface area contributed by atoms with Crippen LogP contribution in [-0.2, 0) is 10.0 Å². The van der Waals surface area contributed by atoms with Crippen molar-refractivity contribution in [1.29, 1.82) is 0 Å². The van der Waals surface area contributed by atoms with Gasteiger partial charge in [-0.1, -0.05) is 0 Å². The Balaban J connectivity index is 2.52. The minimum Gasteiger partial charge on any atom is -0.399 e. The van der Waals surface area contributed by atoms with Gasteiger partial charge in [-0.25, -0.2) is 17.2 Å². The number of nitrogens with two attached hydrogens (primary N) is 1. The summed E-state index contributed by atoms with van der Waals surface area (Å²) in [6.07, 6.45) is 0. The topological polar surface area (TPSA) is 101 Å². The molecule has 0 fully saturated rings. The molecular formula is C11H12F2N4O2S. The number of H-pyrrole nitrogens is 1. The summed E-state index contributed by atoms with van der Waals surface area (Å²) in [5.74, 6) is -2.51. The molecule has 0 aliphatic rings. The molecule has 0 aliphatic carbocycles. The van der Waals surface area contributed by atoms with Gasteiger partial charge in [0.15, 0.2) is 4.90 Å². The van der Waals surface area contributed by atoms with Crippen LogP contribution in [0, 0.1) is 25.5 Å². The molecule has 0 spiro atoms. The molecule has 0 radical (unpaired) electrons. The molecule has 0 atom stereocenters. The summed E-state index contributed by atoms with van der Waals surface area (Å²) in [6.45, 7) is 3.13. The second-order valence-corrected chi connectivity index (χ2v) is 5.85. The molecule has 1 heterocycles. The maximum absolute atomic E-state index is 13.7. The molecule has 2 rings (SSSR count). The van der Waals surface area contributed by atoms with Crippen molar-refractivity contribution in [1.82, 2.24) is 10.2 Å². The first-order chi connectivity index (χ1) is 9.22. The van der Waals surface area contributed by atoms with Gasteiger partial charge in [0.05, 0.1) is 17.1 Å². The van der Waals surface area contributed by atoms with Crippen LogP contribution in [0.2, 0.25) is 0 Å². The fourth-order valence-corrected chi connectivity index (χ4v) is 3.03. The van der Waals surface area contributed by atoms with E-state index >= 15 is 0 Å². The lowest BCUT2D eigenvalue weighted by Crippen LogP contribution is -2.17. The summed E-state index contributed by atoms with van der Waals surface area (Å²) in [5.41, 5.74) is 6.00. The van der Waals surface area contributed by atoms with Crippen LogP contribution in [0.5, 0.6) is 0 Å². The Bertz CT molecular complexity index is 728. The second-order valence-electron chi connectivity index (χ2n) is 4.23. The van der Waals surface area contributed by atoms with E-state index in [0.29, 0.717) is 11.4 Å². The molecule has 0 bridgehead atoms. The van der Waals surface area contributed by atoms with Crippen LogP contribution in [0.25, 0.3) is 0 Å². The Hall–Kier alpha value is -2.16. The minimum absolute atomic E-state index is 0.153. The Labute approximate surface area is 114 Å². The molecule has 108 valence electrons. The Morgan fingerprint density at radius 2 is 1.80 bits per heavy atom. The van der Waals surface area contributed by atoms with Gasteiger partial charge in [-0.05, 0) is 26.0 Å². The average Bonchev–Trinajstić information content (AvgIpc) is 2.58. The van der Waals surface area contributed by atoms with E-state index in [-0.39, 0.29) is 11.4 Å². The molecule has 4 N–H and O–H groups in total. The predicted octanol–water partition coefficient (Wildman–Crippen LogP) is 1.69. The summed E-state index contributed by atoms with van der Waals surface area (Å²) in [5, 5.41) is 6.36. The number of aromatic amines is 1. The van der Waals surface area contributed by atoms with Crippen LogP contribution >= 0.6 is 0 Å². The summed E-state index contributed by atoms with van der Waals surface area (Å²) >= 11 is 0. The van der Waals surface area contributed by atoms with E-state index in [9.17, 15) is 17.2 Å². The summed E-state index contributed by atoms with van der Waals surface area (Å²) in [6, 6.07) is 1.49. The molecule has 2 aromatic rings. The van der Waals surface area contributed by atoms with Crippen LogP contribution < -0.4 is 10.5 Å². The summed E-state index contributed by atoms with van der Waals surface area (Å²) in [7, 11) is -4.42. The van der Waals surface area contributed by atoms with E-state index in [1.165, 1.54) is 0 Å². The van der Waals surface area contributed by atoms with Crippen molar-refractivity contribution >= 4 is 21.4 Å².